The molecule has 0 aromatic heterocycles. The van der Waals surface area contributed by atoms with Crippen molar-refractivity contribution in [3.05, 3.63) is 95.8 Å². The molecular formula is C29H34FN3O4S. The van der Waals surface area contributed by atoms with Gasteiger partial charge in [-0.15, -0.1) is 0 Å². The first-order valence-corrected chi connectivity index (χ1v) is 13.7. The summed E-state index contributed by atoms with van der Waals surface area (Å²) in [5.41, 5.74) is 1.36. The van der Waals surface area contributed by atoms with E-state index in [-0.39, 0.29) is 23.0 Å². The number of rotatable bonds is 9. The van der Waals surface area contributed by atoms with Gasteiger partial charge >= 0.3 is 0 Å². The normalized spacial score (nSPS) is 12.5. The maximum atomic E-state index is 13.9. The Kier molecular flexibility index (Phi) is 8.93. The van der Waals surface area contributed by atoms with E-state index in [0.29, 0.717) is 0 Å². The molecule has 3 aromatic rings. The van der Waals surface area contributed by atoms with E-state index in [1.165, 1.54) is 29.2 Å². The highest BCUT2D eigenvalue weighted by molar-refractivity contribution is 7.92. The Balaban J connectivity index is 2.03. The quantitative estimate of drug-likeness (QED) is 0.429. The monoisotopic (exact) mass is 539 g/mol. The summed E-state index contributed by atoms with van der Waals surface area (Å²) in [6.45, 7) is 8.57. The second-order valence-corrected chi connectivity index (χ2v) is 12.0. The third-order valence-electron chi connectivity index (χ3n) is 5.99. The predicted molar refractivity (Wildman–Crippen MR) is 146 cm³/mol. The van der Waals surface area contributed by atoms with Gasteiger partial charge in [0.2, 0.25) is 11.8 Å². The molecule has 0 saturated carbocycles. The van der Waals surface area contributed by atoms with Crippen LogP contribution in [0.3, 0.4) is 0 Å². The molecule has 0 aliphatic carbocycles. The predicted octanol–water partition coefficient (Wildman–Crippen LogP) is 4.66. The van der Waals surface area contributed by atoms with Gasteiger partial charge < -0.3 is 10.2 Å². The molecule has 2 amide bonds. The van der Waals surface area contributed by atoms with E-state index in [1.807, 2.05) is 52.0 Å². The van der Waals surface area contributed by atoms with Gasteiger partial charge in [0.25, 0.3) is 10.0 Å². The summed E-state index contributed by atoms with van der Waals surface area (Å²) in [4.78, 5) is 28.3. The summed E-state index contributed by atoms with van der Waals surface area (Å²) >= 11 is 0. The molecule has 7 nitrogen and oxygen atoms in total. The van der Waals surface area contributed by atoms with Crippen LogP contribution in [0.5, 0.6) is 0 Å². The highest BCUT2D eigenvalue weighted by Gasteiger charge is 2.33. The number of halogens is 1. The Morgan fingerprint density at radius 1 is 0.921 bits per heavy atom. The van der Waals surface area contributed by atoms with Gasteiger partial charge in [0.15, 0.2) is 0 Å². The Labute approximate surface area is 224 Å². The number of sulfonamides is 1. The number of anilines is 1. The minimum absolute atomic E-state index is 0.0129. The summed E-state index contributed by atoms with van der Waals surface area (Å²) in [5.74, 6) is -1.47. The van der Waals surface area contributed by atoms with Gasteiger partial charge in [0.05, 0.1) is 10.6 Å². The fourth-order valence-electron chi connectivity index (χ4n) is 3.88. The summed E-state index contributed by atoms with van der Waals surface area (Å²) in [5, 5.41) is 2.90. The van der Waals surface area contributed by atoms with E-state index < -0.39 is 39.9 Å². The van der Waals surface area contributed by atoms with E-state index in [9.17, 15) is 22.4 Å². The second-order valence-electron chi connectivity index (χ2n) is 10.2. The maximum absolute atomic E-state index is 13.9. The van der Waals surface area contributed by atoms with E-state index in [4.69, 9.17) is 0 Å². The number of aryl methyl sites for hydroxylation is 1. The van der Waals surface area contributed by atoms with Crippen LogP contribution in [0.25, 0.3) is 0 Å². The van der Waals surface area contributed by atoms with Gasteiger partial charge in [-0.1, -0.05) is 42.5 Å². The molecule has 9 heteroatoms. The van der Waals surface area contributed by atoms with E-state index in [1.54, 1.807) is 25.1 Å². The fourth-order valence-corrected chi connectivity index (χ4v) is 5.32. The van der Waals surface area contributed by atoms with E-state index >= 15 is 0 Å². The van der Waals surface area contributed by atoms with Gasteiger partial charge in [0, 0.05) is 12.1 Å². The average molecular weight is 540 g/mol. The van der Waals surface area contributed by atoms with Crippen molar-refractivity contribution in [3.63, 3.8) is 0 Å². The molecule has 1 atom stereocenters. The molecule has 0 spiro atoms. The van der Waals surface area contributed by atoms with Crippen molar-refractivity contribution < 1.29 is 22.4 Å². The second kappa shape index (κ2) is 11.8. The topological polar surface area (TPSA) is 86.8 Å². The van der Waals surface area contributed by atoms with Crippen LogP contribution in [0.15, 0.2) is 83.8 Å². The smallest absolute Gasteiger partial charge is 0.264 e. The van der Waals surface area contributed by atoms with Crippen molar-refractivity contribution in [3.8, 4) is 0 Å². The van der Waals surface area contributed by atoms with Crippen LogP contribution in [0.4, 0.5) is 10.1 Å². The third-order valence-corrected chi connectivity index (χ3v) is 7.78. The molecule has 202 valence electrons. The minimum atomic E-state index is -4.19. The SMILES string of the molecule is Cc1ccccc1CN(C(=O)CN(c1ccc(F)cc1)S(=O)(=O)c1ccccc1)C(C)C(=O)NC(C)(C)C. The van der Waals surface area contributed by atoms with Crippen molar-refractivity contribution in [2.24, 2.45) is 0 Å². The van der Waals surface area contributed by atoms with Gasteiger partial charge in [-0.05, 0) is 82.1 Å². The molecular weight excluding hydrogens is 505 g/mol. The maximum Gasteiger partial charge on any atom is 0.264 e. The third kappa shape index (κ3) is 7.19. The zero-order valence-electron chi connectivity index (χ0n) is 22.3. The molecule has 0 aliphatic heterocycles. The molecule has 0 bridgehead atoms. The first-order chi connectivity index (χ1) is 17.8. The van der Waals surface area contributed by atoms with Crippen LogP contribution in [0.2, 0.25) is 0 Å². The Bertz CT molecular complexity index is 1370. The summed E-state index contributed by atoms with van der Waals surface area (Å²) in [7, 11) is -4.19. The lowest BCUT2D eigenvalue weighted by atomic mass is 10.1. The molecule has 3 rings (SSSR count). The first kappa shape index (κ1) is 28.8. The molecule has 0 saturated heterocycles. The molecule has 3 aromatic carbocycles. The lowest BCUT2D eigenvalue weighted by molar-refractivity contribution is -0.140. The largest absolute Gasteiger partial charge is 0.350 e. The number of amides is 2. The molecule has 1 N–H and O–H groups in total. The highest BCUT2D eigenvalue weighted by atomic mass is 32.2. The van der Waals surface area contributed by atoms with Crippen molar-refractivity contribution in [2.75, 3.05) is 10.8 Å². The minimum Gasteiger partial charge on any atom is -0.350 e. The summed E-state index contributed by atoms with van der Waals surface area (Å²) < 4.78 is 42.0. The average Bonchev–Trinajstić information content (AvgIpc) is 2.86. The number of hydrogen-bond donors (Lipinski definition) is 1. The number of nitrogens with zero attached hydrogens (tertiary/aromatic N) is 2. The van der Waals surface area contributed by atoms with Crippen LogP contribution in [-0.2, 0) is 26.2 Å². The Hall–Kier alpha value is -3.72. The van der Waals surface area contributed by atoms with Gasteiger partial charge in [-0.2, -0.15) is 0 Å². The zero-order valence-corrected chi connectivity index (χ0v) is 23.1. The number of nitrogens with one attached hydrogen (secondary N) is 1. The van der Waals surface area contributed by atoms with Crippen molar-refractivity contribution in [2.45, 2.75) is 57.6 Å². The van der Waals surface area contributed by atoms with E-state index in [2.05, 4.69) is 5.32 Å². The number of benzene rings is 3. The zero-order chi connectivity index (χ0) is 28.1. The van der Waals surface area contributed by atoms with Crippen LogP contribution in [0.1, 0.15) is 38.8 Å². The molecule has 38 heavy (non-hydrogen) atoms. The number of carbonyl (C=O) groups excluding carboxylic acids is 2. The van der Waals surface area contributed by atoms with E-state index in [0.717, 1.165) is 27.6 Å². The standard InChI is InChI=1S/C29H34FN3O4S/c1-21-11-9-10-12-23(21)19-32(22(2)28(35)31-29(3,4)5)27(34)20-33(25-17-15-24(30)16-18-25)38(36,37)26-13-7-6-8-14-26/h6-18,22H,19-20H2,1-5H3,(H,31,35). The van der Waals surface area contributed by atoms with Gasteiger partial charge in [-0.3, -0.25) is 13.9 Å². The lowest BCUT2D eigenvalue weighted by Gasteiger charge is -2.33. The van der Waals surface area contributed by atoms with Crippen molar-refractivity contribution in [1.29, 1.82) is 0 Å². The molecule has 0 aliphatic rings. The van der Waals surface area contributed by atoms with Gasteiger partial charge in [-0.25, -0.2) is 12.8 Å². The fraction of sp³-hybridized carbons (Fsp3) is 0.310. The van der Waals surface area contributed by atoms with Crippen LogP contribution < -0.4 is 9.62 Å². The lowest BCUT2D eigenvalue weighted by Crippen LogP contribution is -2.54. The summed E-state index contributed by atoms with van der Waals surface area (Å²) in [6.07, 6.45) is 0. The molecule has 0 heterocycles. The van der Waals surface area contributed by atoms with Crippen LogP contribution >= 0.6 is 0 Å². The molecule has 0 fully saturated rings. The van der Waals surface area contributed by atoms with Crippen molar-refractivity contribution >= 4 is 27.5 Å². The highest BCUT2D eigenvalue weighted by Crippen LogP contribution is 2.25. The van der Waals surface area contributed by atoms with Crippen LogP contribution in [-0.4, -0.2) is 43.3 Å². The van der Waals surface area contributed by atoms with Crippen molar-refractivity contribution in [1.82, 2.24) is 10.2 Å². The number of hydrogen-bond acceptors (Lipinski definition) is 4. The Morgan fingerprint density at radius 3 is 2.08 bits per heavy atom. The Morgan fingerprint density at radius 2 is 1.50 bits per heavy atom. The van der Waals surface area contributed by atoms with Crippen LogP contribution in [0, 0.1) is 12.7 Å². The summed E-state index contributed by atoms with van der Waals surface area (Å²) in [6, 6.07) is 19.2. The molecule has 0 radical (unpaired) electrons. The van der Waals surface area contributed by atoms with Gasteiger partial charge in [0.1, 0.15) is 18.4 Å². The first-order valence-electron chi connectivity index (χ1n) is 12.3. The molecule has 1 unspecified atom stereocenters. The number of carbonyl (C=O) groups is 2.